The van der Waals surface area contributed by atoms with Gasteiger partial charge in [0.1, 0.15) is 5.60 Å². The molecule has 1 unspecified atom stereocenters. The van der Waals surface area contributed by atoms with Crippen molar-refractivity contribution in [1.29, 1.82) is 0 Å². The molecule has 0 aromatic carbocycles. The van der Waals surface area contributed by atoms with E-state index in [1.165, 1.54) is 4.88 Å². The molecule has 156 valence electrons. The molecule has 0 spiro atoms. The fraction of sp³-hybridized carbons (Fsp3) is 0.700. The van der Waals surface area contributed by atoms with Gasteiger partial charge in [-0.05, 0) is 45.7 Å². The first kappa shape index (κ1) is 21.4. The largest absolute Gasteiger partial charge is 0.444 e. The Balaban J connectivity index is 1.48. The van der Waals surface area contributed by atoms with Crippen LogP contribution in [-0.2, 0) is 16.1 Å². The van der Waals surface area contributed by atoms with Gasteiger partial charge in [-0.1, -0.05) is 11.6 Å². The van der Waals surface area contributed by atoms with Crippen molar-refractivity contribution < 1.29 is 14.3 Å². The molecule has 0 saturated carbocycles. The van der Waals surface area contributed by atoms with Gasteiger partial charge < -0.3 is 14.5 Å². The number of thiophene rings is 1. The van der Waals surface area contributed by atoms with Crippen LogP contribution in [0.2, 0.25) is 4.34 Å². The minimum atomic E-state index is -0.517. The number of ether oxygens (including phenoxy) is 1. The van der Waals surface area contributed by atoms with Crippen LogP contribution in [0.4, 0.5) is 4.79 Å². The quantitative estimate of drug-likeness (QED) is 0.738. The maximum Gasteiger partial charge on any atom is 0.410 e. The molecule has 0 radical (unpaired) electrons. The topological polar surface area (TPSA) is 53.1 Å². The fourth-order valence-electron chi connectivity index (χ4n) is 3.71. The third-order valence-corrected chi connectivity index (χ3v) is 6.33. The number of amides is 2. The van der Waals surface area contributed by atoms with E-state index in [0.717, 1.165) is 49.9 Å². The molecule has 2 amide bonds. The lowest BCUT2D eigenvalue weighted by Crippen LogP contribution is -2.53. The summed E-state index contributed by atoms with van der Waals surface area (Å²) >= 11 is 7.62. The van der Waals surface area contributed by atoms with E-state index < -0.39 is 5.60 Å². The molecule has 6 nitrogen and oxygen atoms in total. The second kappa shape index (κ2) is 9.01. The predicted octanol–water partition coefficient (Wildman–Crippen LogP) is 3.69. The highest BCUT2D eigenvalue weighted by Crippen LogP contribution is 2.24. The number of carbonyl (C=O) groups is 2. The van der Waals surface area contributed by atoms with Crippen LogP contribution in [0.15, 0.2) is 12.1 Å². The standard InChI is InChI=1S/C20H30ClN3O3S/c1-20(2,3)27-19(26)24-8-4-5-15(13-24)18(25)23-11-9-22(10-12-23)14-16-6-7-17(21)28-16/h6-7,15H,4-5,8-14H2,1-3H3. The molecule has 2 fully saturated rings. The van der Waals surface area contributed by atoms with E-state index in [1.54, 1.807) is 16.2 Å². The smallest absolute Gasteiger partial charge is 0.410 e. The molecule has 28 heavy (non-hydrogen) atoms. The molecule has 1 aromatic rings. The number of hydrogen-bond donors (Lipinski definition) is 0. The van der Waals surface area contributed by atoms with E-state index in [2.05, 4.69) is 11.0 Å². The first-order valence-corrected chi connectivity index (χ1v) is 11.1. The van der Waals surface area contributed by atoms with E-state index in [4.69, 9.17) is 16.3 Å². The van der Waals surface area contributed by atoms with Crippen molar-refractivity contribution in [3.63, 3.8) is 0 Å². The lowest BCUT2D eigenvalue weighted by molar-refractivity contribution is -0.139. The second-order valence-corrected chi connectivity index (χ2v) is 10.4. The number of rotatable bonds is 3. The molecule has 0 bridgehead atoms. The molecule has 2 saturated heterocycles. The van der Waals surface area contributed by atoms with Crippen LogP contribution in [0.25, 0.3) is 0 Å². The van der Waals surface area contributed by atoms with Gasteiger partial charge in [0.15, 0.2) is 0 Å². The van der Waals surface area contributed by atoms with Crippen molar-refractivity contribution in [1.82, 2.24) is 14.7 Å². The van der Waals surface area contributed by atoms with Crippen LogP contribution in [0.5, 0.6) is 0 Å². The van der Waals surface area contributed by atoms with Crippen molar-refractivity contribution in [2.24, 2.45) is 5.92 Å². The summed E-state index contributed by atoms with van der Waals surface area (Å²) in [5, 5.41) is 0. The van der Waals surface area contributed by atoms with E-state index in [0.29, 0.717) is 13.1 Å². The number of carbonyl (C=O) groups excluding carboxylic acids is 2. The van der Waals surface area contributed by atoms with E-state index in [-0.39, 0.29) is 17.9 Å². The summed E-state index contributed by atoms with van der Waals surface area (Å²) in [6, 6.07) is 4.00. The van der Waals surface area contributed by atoms with Crippen LogP contribution in [0.1, 0.15) is 38.5 Å². The second-order valence-electron chi connectivity index (χ2n) is 8.57. The van der Waals surface area contributed by atoms with Crippen molar-refractivity contribution in [3.05, 3.63) is 21.3 Å². The van der Waals surface area contributed by atoms with Crippen molar-refractivity contribution in [3.8, 4) is 0 Å². The van der Waals surface area contributed by atoms with Gasteiger partial charge in [0.25, 0.3) is 0 Å². The Morgan fingerprint density at radius 1 is 1.14 bits per heavy atom. The molecular weight excluding hydrogens is 398 g/mol. The van der Waals surface area contributed by atoms with Gasteiger partial charge >= 0.3 is 6.09 Å². The molecule has 3 heterocycles. The Kier molecular flexibility index (Phi) is 6.89. The van der Waals surface area contributed by atoms with Gasteiger partial charge in [0.05, 0.1) is 10.3 Å². The minimum Gasteiger partial charge on any atom is -0.444 e. The van der Waals surface area contributed by atoms with Crippen LogP contribution in [-0.4, -0.2) is 71.6 Å². The van der Waals surface area contributed by atoms with Crippen molar-refractivity contribution >= 4 is 34.9 Å². The average molecular weight is 428 g/mol. The predicted molar refractivity (Wildman–Crippen MR) is 112 cm³/mol. The Morgan fingerprint density at radius 3 is 2.46 bits per heavy atom. The Hall–Kier alpha value is -1.31. The van der Waals surface area contributed by atoms with Gasteiger partial charge in [-0.25, -0.2) is 4.79 Å². The highest BCUT2D eigenvalue weighted by molar-refractivity contribution is 7.16. The summed E-state index contributed by atoms with van der Waals surface area (Å²) in [6.07, 6.45) is 1.37. The van der Waals surface area contributed by atoms with Crippen molar-refractivity contribution in [2.75, 3.05) is 39.3 Å². The van der Waals surface area contributed by atoms with Crippen LogP contribution in [0.3, 0.4) is 0 Å². The number of nitrogens with zero attached hydrogens (tertiary/aromatic N) is 3. The maximum atomic E-state index is 13.0. The van der Waals surface area contributed by atoms with Crippen LogP contribution >= 0.6 is 22.9 Å². The Morgan fingerprint density at radius 2 is 1.86 bits per heavy atom. The Bertz CT molecular complexity index is 695. The number of halogens is 1. The SMILES string of the molecule is CC(C)(C)OC(=O)N1CCCC(C(=O)N2CCN(Cc3ccc(Cl)s3)CC2)C1. The van der Waals surface area contributed by atoms with Gasteiger partial charge in [0, 0.05) is 50.7 Å². The first-order chi connectivity index (χ1) is 13.2. The van der Waals surface area contributed by atoms with Gasteiger partial charge in [-0.15, -0.1) is 11.3 Å². The lowest BCUT2D eigenvalue weighted by Gasteiger charge is -2.39. The van der Waals surface area contributed by atoms with Gasteiger partial charge in [0.2, 0.25) is 5.91 Å². The summed E-state index contributed by atoms with van der Waals surface area (Å²) in [7, 11) is 0. The molecule has 0 N–H and O–H groups in total. The normalized spacial score (nSPS) is 21.6. The maximum absolute atomic E-state index is 13.0. The molecule has 3 rings (SSSR count). The molecule has 2 aliphatic heterocycles. The monoisotopic (exact) mass is 427 g/mol. The van der Waals surface area contributed by atoms with Crippen LogP contribution in [0, 0.1) is 5.92 Å². The minimum absolute atomic E-state index is 0.121. The van der Waals surface area contributed by atoms with E-state index in [1.807, 2.05) is 31.7 Å². The third-order valence-electron chi connectivity index (χ3n) is 5.11. The average Bonchev–Trinajstić information content (AvgIpc) is 3.05. The Labute approximate surface area is 176 Å². The molecule has 1 atom stereocenters. The summed E-state index contributed by atoms with van der Waals surface area (Å²) in [6.45, 7) is 10.8. The highest BCUT2D eigenvalue weighted by Gasteiger charge is 2.34. The molecule has 2 aliphatic rings. The van der Waals surface area contributed by atoms with E-state index in [9.17, 15) is 9.59 Å². The number of piperazine rings is 1. The first-order valence-electron chi connectivity index (χ1n) is 9.94. The lowest BCUT2D eigenvalue weighted by atomic mass is 9.96. The third kappa shape index (κ3) is 5.84. The van der Waals surface area contributed by atoms with Crippen LogP contribution < -0.4 is 0 Å². The number of likely N-dealkylation sites (tertiary alicyclic amines) is 1. The zero-order valence-electron chi connectivity index (χ0n) is 16.9. The summed E-state index contributed by atoms with van der Waals surface area (Å²) in [5.74, 6) is 0.0518. The van der Waals surface area contributed by atoms with E-state index >= 15 is 0 Å². The summed E-state index contributed by atoms with van der Waals surface area (Å²) < 4.78 is 6.29. The number of hydrogen-bond acceptors (Lipinski definition) is 5. The highest BCUT2D eigenvalue weighted by atomic mass is 35.5. The molecule has 0 aliphatic carbocycles. The van der Waals surface area contributed by atoms with Gasteiger partial charge in [-0.2, -0.15) is 0 Å². The molecule has 1 aromatic heterocycles. The number of piperidine rings is 1. The zero-order valence-corrected chi connectivity index (χ0v) is 18.5. The fourth-order valence-corrected chi connectivity index (χ4v) is 4.84. The molecular formula is C20H30ClN3O3S. The van der Waals surface area contributed by atoms with Crippen molar-refractivity contribution in [2.45, 2.75) is 45.8 Å². The molecule has 8 heteroatoms. The zero-order chi connectivity index (χ0) is 20.3. The summed E-state index contributed by atoms with van der Waals surface area (Å²) in [4.78, 5) is 32.6. The van der Waals surface area contributed by atoms with Gasteiger partial charge in [-0.3, -0.25) is 9.69 Å². The summed E-state index contributed by atoms with van der Waals surface area (Å²) in [5.41, 5.74) is -0.517.